The Kier molecular flexibility index (Phi) is 6.41. The highest BCUT2D eigenvalue weighted by Crippen LogP contribution is 2.23. The van der Waals surface area contributed by atoms with Crippen LogP contribution >= 0.6 is 11.3 Å². The minimum absolute atomic E-state index is 0.373. The van der Waals surface area contributed by atoms with E-state index in [2.05, 4.69) is 0 Å². The number of nitrogens with zero attached hydrogens (tertiary/aromatic N) is 2. The molecule has 7 heteroatoms. The smallest absolute Gasteiger partial charge is 0.252 e. The molecule has 0 aromatic carbocycles. The van der Waals surface area contributed by atoms with Crippen molar-refractivity contribution in [2.24, 2.45) is 5.73 Å². The van der Waals surface area contributed by atoms with Crippen LogP contribution in [-0.4, -0.2) is 51.4 Å². The standard InChI is InChI=1S/C12H23N3O2S2/c1-4-5-15(7-6-14(2)3)19(16,17)12-8-11(9-13)10-18-12/h8,10H,4-7,9,13H2,1-3H3. The third kappa shape index (κ3) is 4.54. The average molecular weight is 305 g/mol. The molecule has 0 saturated heterocycles. The molecule has 1 heterocycles. The second-order valence-corrected chi connectivity index (χ2v) is 7.76. The second-order valence-electron chi connectivity index (χ2n) is 4.69. The summed E-state index contributed by atoms with van der Waals surface area (Å²) in [4.78, 5) is 1.98. The van der Waals surface area contributed by atoms with Crippen LogP contribution in [0.25, 0.3) is 0 Å². The molecule has 0 aliphatic carbocycles. The zero-order chi connectivity index (χ0) is 14.5. The van der Waals surface area contributed by atoms with Crippen molar-refractivity contribution in [2.75, 3.05) is 33.7 Å². The number of hydrogen-bond donors (Lipinski definition) is 1. The Morgan fingerprint density at radius 3 is 2.42 bits per heavy atom. The normalized spacial score (nSPS) is 12.5. The summed E-state index contributed by atoms with van der Waals surface area (Å²) in [5.41, 5.74) is 6.40. The van der Waals surface area contributed by atoms with Crippen LogP contribution in [0.15, 0.2) is 15.7 Å². The Morgan fingerprint density at radius 2 is 1.95 bits per heavy atom. The molecule has 0 saturated carbocycles. The van der Waals surface area contributed by atoms with Gasteiger partial charge in [0.1, 0.15) is 4.21 Å². The van der Waals surface area contributed by atoms with Crippen molar-refractivity contribution in [1.82, 2.24) is 9.21 Å². The Morgan fingerprint density at radius 1 is 1.26 bits per heavy atom. The Balaban J connectivity index is 2.91. The molecule has 0 aliphatic heterocycles. The molecule has 0 radical (unpaired) electrons. The summed E-state index contributed by atoms with van der Waals surface area (Å²) in [5.74, 6) is 0. The highest BCUT2D eigenvalue weighted by Gasteiger charge is 2.25. The molecule has 1 rings (SSSR count). The molecular formula is C12H23N3O2S2. The molecule has 1 aromatic heterocycles. The fraction of sp³-hybridized carbons (Fsp3) is 0.667. The van der Waals surface area contributed by atoms with E-state index in [1.807, 2.05) is 31.3 Å². The van der Waals surface area contributed by atoms with E-state index < -0.39 is 10.0 Å². The average Bonchev–Trinajstić information content (AvgIpc) is 2.83. The first kappa shape index (κ1) is 16.6. The van der Waals surface area contributed by atoms with Crippen LogP contribution in [0.4, 0.5) is 0 Å². The first-order chi connectivity index (χ1) is 8.91. The van der Waals surface area contributed by atoms with E-state index in [1.54, 1.807) is 10.4 Å². The number of likely N-dealkylation sites (N-methyl/N-ethyl adjacent to an activating group) is 1. The van der Waals surface area contributed by atoms with Gasteiger partial charge < -0.3 is 10.6 Å². The van der Waals surface area contributed by atoms with Crippen LogP contribution in [0.5, 0.6) is 0 Å². The van der Waals surface area contributed by atoms with Gasteiger partial charge in [-0.05, 0) is 37.5 Å². The largest absolute Gasteiger partial charge is 0.326 e. The van der Waals surface area contributed by atoms with Crippen LogP contribution < -0.4 is 5.73 Å². The van der Waals surface area contributed by atoms with E-state index >= 15 is 0 Å². The Labute approximate surface area is 120 Å². The van der Waals surface area contributed by atoms with Gasteiger partial charge in [0, 0.05) is 26.2 Å². The third-order valence-electron chi connectivity index (χ3n) is 2.73. The zero-order valence-electron chi connectivity index (χ0n) is 11.8. The first-order valence-electron chi connectivity index (χ1n) is 6.34. The lowest BCUT2D eigenvalue weighted by Gasteiger charge is -2.22. The van der Waals surface area contributed by atoms with Crippen molar-refractivity contribution in [3.05, 3.63) is 17.0 Å². The Hall–Kier alpha value is -0.470. The van der Waals surface area contributed by atoms with Gasteiger partial charge in [0.15, 0.2) is 0 Å². The van der Waals surface area contributed by atoms with Crippen molar-refractivity contribution >= 4 is 21.4 Å². The molecule has 0 atom stereocenters. The molecule has 2 N–H and O–H groups in total. The maximum absolute atomic E-state index is 12.5. The summed E-state index contributed by atoms with van der Waals surface area (Å²) in [7, 11) is 0.499. The highest BCUT2D eigenvalue weighted by molar-refractivity contribution is 7.91. The van der Waals surface area contributed by atoms with E-state index in [0.29, 0.717) is 30.4 Å². The summed E-state index contributed by atoms with van der Waals surface area (Å²) in [5, 5.41) is 1.81. The molecule has 0 amide bonds. The van der Waals surface area contributed by atoms with Crippen molar-refractivity contribution in [3.63, 3.8) is 0 Å². The maximum atomic E-state index is 12.5. The van der Waals surface area contributed by atoms with E-state index in [1.165, 1.54) is 11.3 Å². The summed E-state index contributed by atoms with van der Waals surface area (Å²) in [6.07, 6.45) is 0.807. The van der Waals surface area contributed by atoms with E-state index in [0.717, 1.165) is 12.0 Å². The van der Waals surface area contributed by atoms with Gasteiger partial charge in [-0.3, -0.25) is 0 Å². The van der Waals surface area contributed by atoms with Crippen LogP contribution in [-0.2, 0) is 16.6 Å². The van der Waals surface area contributed by atoms with Gasteiger partial charge in [-0.2, -0.15) is 4.31 Å². The fourth-order valence-corrected chi connectivity index (χ4v) is 4.53. The number of thiophene rings is 1. The van der Waals surface area contributed by atoms with Crippen molar-refractivity contribution < 1.29 is 8.42 Å². The van der Waals surface area contributed by atoms with Crippen LogP contribution in [0.1, 0.15) is 18.9 Å². The monoisotopic (exact) mass is 305 g/mol. The van der Waals surface area contributed by atoms with E-state index in [-0.39, 0.29) is 0 Å². The number of nitrogens with two attached hydrogens (primary N) is 1. The third-order valence-corrected chi connectivity index (χ3v) is 6.09. The molecule has 0 bridgehead atoms. The molecule has 0 unspecified atom stereocenters. The van der Waals surface area contributed by atoms with Gasteiger partial charge in [-0.1, -0.05) is 6.92 Å². The molecule has 0 aliphatic rings. The SMILES string of the molecule is CCCN(CCN(C)C)S(=O)(=O)c1cc(CN)cs1. The molecule has 1 aromatic rings. The van der Waals surface area contributed by atoms with Gasteiger partial charge in [0.05, 0.1) is 0 Å². The highest BCUT2D eigenvalue weighted by atomic mass is 32.2. The quantitative estimate of drug-likeness (QED) is 0.783. The van der Waals surface area contributed by atoms with Crippen molar-refractivity contribution in [3.8, 4) is 0 Å². The maximum Gasteiger partial charge on any atom is 0.252 e. The van der Waals surface area contributed by atoms with E-state index in [4.69, 9.17) is 5.73 Å². The lowest BCUT2D eigenvalue weighted by Crippen LogP contribution is -2.36. The van der Waals surface area contributed by atoms with Gasteiger partial charge >= 0.3 is 0 Å². The minimum Gasteiger partial charge on any atom is -0.326 e. The molecular weight excluding hydrogens is 282 g/mol. The first-order valence-corrected chi connectivity index (χ1v) is 8.66. The predicted molar refractivity (Wildman–Crippen MR) is 79.8 cm³/mol. The van der Waals surface area contributed by atoms with Crippen LogP contribution in [0, 0.1) is 0 Å². The van der Waals surface area contributed by atoms with Crippen molar-refractivity contribution in [2.45, 2.75) is 24.1 Å². The van der Waals surface area contributed by atoms with Gasteiger partial charge in [0.2, 0.25) is 0 Å². The fourth-order valence-electron chi connectivity index (χ4n) is 1.64. The second kappa shape index (κ2) is 7.35. The van der Waals surface area contributed by atoms with Gasteiger partial charge in [-0.15, -0.1) is 11.3 Å². The molecule has 19 heavy (non-hydrogen) atoms. The zero-order valence-corrected chi connectivity index (χ0v) is 13.4. The number of hydrogen-bond acceptors (Lipinski definition) is 5. The van der Waals surface area contributed by atoms with Gasteiger partial charge in [-0.25, -0.2) is 8.42 Å². The lowest BCUT2D eigenvalue weighted by molar-refractivity contribution is 0.333. The predicted octanol–water partition coefficient (Wildman–Crippen LogP) is 1.17. The van der Waals surface area contributed by atoms with E-state index in [9.17, 15) is 8.42 Å². The summed E-state index contributed by atoms with van der Waals surface area (Å²) in [6, 6.07) is 1.68. The van der Waals surface area contributed by atoms with Gasteiger partial charge in [0.25, 0.3) is 10.0 Å². The van der Waals surface area contributed by atoms with Crippen LogP contribution in [0.3, 0.4) is 0 Å². The Bertz CT molecular complexity index is 483. The number of rotatable bonds is 8. The number of sulfonamides is 1. The minimum atomic E-state index is -3.38. The summed E-state index contributed by atoms with van der Waals surface area (Å²) < 4.78 is 27.0. The molecule has 110 valence electrons. The molecule has 0 fully saturated rings. The molecule has 5 nitrogen and oxygen atoms in total. The molecule has 0 spiro atoms. The summed E-state index contributed by atoms with van der Waals surface area (Å²) in [6.45, 7) is 4.13. The van der Waals surface area contributed by atoms with Crippen LogP contribution in [0.2, 0.25) is 0 Å². The lowest BCUT2D eigenvalue weighted by atomic mass is 10.4. The van der Waals surface area contributed by atoms with Crippen molar-refractivity contribution in [1.29, 1.82) is 0 Å². The topological polar surface area (TPSA) is 66.6 Å². The summed E-state index contributed by atoms with van der Waals surface area (Å²) >= 11 is 1.25.